The van der Waals surface area contributed by atoms with Gasteiger partial charge in [0.05, 0.1) is 0 Å². The molecule has 1 aliphatic rings. The van der Waals surface area contributed by atoms with Crippen LogP contribution < -0.4 is 10.6 Å². The average Bonchev–Trinajstić information content (AvgIpc) is 3.23. The summed E-state index contributed by atoms with van der Waals surface area (Å²) >= 11 is 3.40. The Labute approximate surface area is 135 Å². The summed E-state index contributed by atoms with van der Waals surface area (Å²) in [4.78, 5) is 27.7. The van der Waals surface area contributed by atoms with Crippen molar-refractivity contribution in [1.29, 1.82) is 0 Å². The largest absolute Gasteiger partial charge is 0.431 e. The van der Waals surface area contributed by atoms with Crippen molar-refractivity contribution in [2.75, 3.05) is 10.6 Å². The number of anilines is 2. The smallest absolute Gasteiger partial charge is 0.302 e. The third kappa shape index (κ3) is 3.36. The highest BCUT2D eigenvalue weighted by atomic mass is 79.9. The summed E-state index contributed by atoms with van der Waals surface area (Å²) in [6.07, 6.45) is 3.01. The van der Waals surface area contributed by atoms with Crippen molar-refractivity contribution in [3.8, 4) is 0 Å². The van der Waals surface area contributed by atoms with Crippen LogP contribution in [-0.4, -0.2) is 16.8 Å². The van der Waals surface area contributed by atoms with Crippen molar-refractivity contribution >= 4 is 39.4 Å². The predicted octanol–water partition coefficient (Wildman–Crippen LogP) is 3.35. The number of nitrogens with one attached hydrogen (secondary N) is 2. The highest BCUT2D eigenvalue weighted by Gasteiger charge is 2.30. The van der Waals surface area contributed by atoms with E-state index in [1.54, 1.807) is 6.07 Å². The lowest BCUT2D eigenvalue weighted by molar-refractivity contribution is -0.117. The normalized spacial score (nSPS) is 13.7. The zero-order valence-electron chi connectivity index (χ0n) is 11.9. The van der Waals surface area contributed by atoms with Crippen LogP contribution in [0.15, 0.2) is 33.4 Å². The zero-order valence-corrected chi connectivity index (χ0v) is 13.4. The molecule has 7 heteroatoms. The number of carbonyl (C=O) groups excluding carboxylic acids is 2. The lowest BCUT2D eigenvalue weighted by Gasteiger charge is -2.05. The van der Waals surface area contributed by atoms with Crippen LogP contribution in [0.5, 0.6) is 0 Å². The maximum Gasteiger partial charge on any atom is 0.302 e. The molecule has 6 nitrogen and oxygen atoms in total. The molecule has 1 saturated carbocycles. The number of aryl methyl sites for hydroxylation is 1. The maximum absolute atomic E-state index is 12.1. The topological polar surface area (TPSA) is 84.2 Å². The van der Waals surface area contributed by atoms with Crippen LogP contribution in [0, 0.1) is 12.8 Å². The van der Waals surface area contributed by atoms with Gasteiger partial charge in [0.1, 0.15) is 6.26 Å². The van der Waals surface area contributed by atoms with Gasteiger partial charge in [0.2, 0.25) is 5.91 Å². The number of carbonyl (C=O) groups is 2. The fourth-order valence-corrected chi connectivity index (χ4v) is 2.15. The Morgan fingerprint density at radius 1 is 1.32 bits per heavy atom. The third-order valence-corrected chi connectivity index (χ3v) is 4.22. The first-order chi connectivity index (χ1) is 10.5. The first-order valence-electron chi connectivity index (χ1n) is 6.87. The van der Waals surface area contributed by atoms with Gasteiger partial charge in [0, 0.05) is 16.1 Å². The van der Waals surface area contributed by atoms with Crippen LogP contribution in [0.2, 0.25) is 0 Å². The Balaban J connectivity index is 1.65. The van der Waals surface area contributed by atoms with Crippen molar-refractivity contribution in [2.45, 2.75) is 19.8 Å². The predicted molar refractivity (Wildman–Crippen MR) is 84.7 cm³/mol. The molecule has 0 saturated heterocycles. The minimum absolute atomic E-state index is 0.0500. The van der Waals surface area contributed by atoms with E-state index in [0.717, 1.165) is 22.9 Å². The summed E-state index contributed by atoms with van der Waals surface area (Å²) in [6.45, 7) is 1.93. The van der Waals surface area contributed by atoms with Gasteiger partial charge in [-0.25, -0.2) is 0 Å². The van der Waals surface area contributed by atoms with Gasteiger partial charge >= 0.3 is 6.01 Å². The van der Waals surface area contributed by atoms with E-state index in [4.69, 9.17) is 4.42 Å². The van der Waals surface area contributed by atoms with Crippen LogP contribution in [0.1, 0.15) is 28.9 Å². The molecule has 0 atom stereocenters. The Bertz CT molecular complexity index is 737. The second-order valence-electron chi connectivity index (χ2n) is 5.22. The SMILES string of the molecule is Cc1cc(NC(=O)c2coc(NC(=O)C3CC3)n2)ccc1Br. The number of benzene rings is 1. The molecule has 0 radical (unpaired) electrons. The van der Waals surface area contributed by atoms with Crippen LogP contribution in [0.3, 0.4) is 0 Å². The minimum atomic E-state index is -0.391. The van der Waals surface area contributed by atoms with Gasteiger partial charge in [-0.1, -0.05) is 15.9 Å². The fraction of sp³-hybridized carbons (Fsp3) is 0.267. The second kappa shape index (κ2) is 5.92. The number of hydrogen-bond acceptors (Lipinski definition) is 4. The first kappa shape index (κ1) is 14.8. The fourth-order valence-electron chi connectivity index (χ4n) is 1.91. The minimum Gasteiger partial charge on any atom is -0.431 e. The highest BCUT2D eigenvalue weighted by Crippen LogP contribution is 2.30. The van der Waals surface area contributed by atoms with E-state index in [9.17, 15) is 9.59 Å². The summed E-state index contributed by atoms with van der Waals surface area (Å²) < 4.78 is 6.07. The molecule has 0 aliphatic heterocycles. The number of halogens is 1. The van der Waals surface area contributed by atoms with Crippen molar-refractivity contribution in [2.24, 2.45) is 5.92 Å². The van der Waals surface area contributed by atoms with Gasteiger partial charge in [0.15, 0.2) is 5.69 Å². The van der Waals surface area contributed by atoms with Gasteiger partial charge in [0.25, 0.3) is 5.91 Å². The molecular weight excluding hydrogens is 350 g/mol. The Kier molecular flexibility index (Phi) is 3.98. The van der Waals surface area contributed by atoms with Crippen molar-refractivity contribution in [3.63, 3.8) is 0 Å². The second-order valence-corrected chi connectivity index (χ2v) is 6.07. The standard InChI is InChI=1S/C15H14BrN3O3/c1-8-6-10(4-5-11(8)16)17-14(21)12-7-22-15(18-12)19-13(20)9-2-3-9/h4-7,9H,2-3H2,1H3,(H,17,21)(H,18,19,20). The van der Waals surface area contributed by atoms with Crippen LogP contribution >= 0.6 is 15.9 Å². The van der Waals surface area contributed by atoms with E-state index in [-0.39, 0.29) is 23.5 Å². The zero-order chi connectivity index (χ0) is 15.7. The number of amides is 2. The van der Waals surface area contributed by atoms with Crippen molar-refractivity contribution in [3.05, 3.63) is 40.2 Å². The number of hydrogen-bond donors (Lipinski definition) is 2. The Morgan fingerprint density at radius 2 is 2.09 bits per heavy atom. The number of nitrogens with zero attached hydrogens (tertiary/aromatic N) is 1. The molecule has 2 N–H and O–H groups in total. The van der Waals surface area contributed by atoms with Crippen molar-refractivity contribution in [1.82, 2.24) is 4.98 Å². The van der Waals surface area contributed by atoms with Crippen molar-refractivity contribution < 1.29 is 14.0 Å². The molecule has 1 aliphatic carbocycles. The molecule has 1 aromatic carbocycles. The van der Waals surface area contributed by atoms with E-state index in [0.29, 0.717) is 5.69 Å². The Hall–Kier alpha value is -2.15. The molecule has 0 unspecified atom stereocenters. The molecule has 2 aromatic rings. The molecule has 0 bridgehead atoms. The molecule has 1 heterocycles. The summed E-state index contributed by atoms with van der Waals surface area (Å²) in [6, 6.07) is 5.53. The van der Waals surface area contributed by atoms with E-state index in [1.807, 2.05) is 19.1 Å². The highest BCUT2D eigenvalue weighted by molar-refractivity contribution is 9.10. The molecule has 1 aromatic heterocycles. The first-order valence-corrected chi connectivity index (χ1v) is 7.66. The molecule has 22 heavy (non-hydrogen) atoms. The lowest BCUT2D eigenvalue weighted by atomic mass is 10.2. The van der Waals surface area contributed by atoms with Crippen LogP contribution in [0.25, 0.3) is 0 Å². The molecule has 114 valence electrons. The van der Waals surface area contributed by atoms with Gasteiger partial charge in [-0.3, -0.25) is 14.9 Å². The van der Waals surface area contributed by atoms with Crippen LogP contribution in [-0.2, 0) is 4.79 Å². The van der Waals surface area contributed by atoms with Gasteiger partial charge in [-0.15, -0.1) is 0 Å². The average molecular weight is 364 g/mol. The quantitative estimate of drug-likeness (QED) is 0.872. The maximum atomic E-state index is 12.1. The molecular formula is C15H14BrN3O3. The Morgan fingerprint density at radius 3 is 2.77 bits per heavy atom. The summed E-state index contributed by atoms with van der Waals surface area (Å²) in [5.74, 6) is -0.454. The monoisotopic (exact) mass is 363 g/mol. The van der Waals surface area contributed by atoms with E-state index in [2.05, 4.69) is 31.5 Å². The number of oxazole rings is 1. The third-order valence-electron chi connectivity index (χ3n) is 3.33. The van der Waals surface area contributed by atoms with Gasteiger partial charge < -0.3 is 9.73 Å². The summed E-state index contributed by atoms with van der Waals surface area (Å²) in [5, 5.41) is 5.29. The number of rotatable bonds is 4. The van der Waals surface area contributed by atoms with Gasteiger partial charge in [-0.2, -0.15) is 4.98 Å². The lowest BCUT2D eigenvalue weighted by Crippen LogP contribution is -2.15. The van der Waals surface area contributed by atoms with E-state index in [1.165, 1.54) is 6.26 Å². The van der Waals surface area contributed by atoms with E-state index >= 15 is 0 Å². The molecule has 0 spiro atoms. The molecule has 2 amide bonds. The molecule has 3 rings (SSSR count). The summed E-state index contributed by atoms with van der Waals surface area (Å²) in [7, 11) is 0. The van der Waals surface area contributed by atoms with Gasteiger partial charge in [-0.05, 0) is 43.5 Å². The van der Waals surface area contributed by atoms with E-state index < -0.39 is 5.91 Å². The van der Waals surface area contributed by atoms with Crippen LogP contribution in [0.4, 0.5) is 11.7 Å². The number of aromatic nitrogens is 1. The molecule has 1 fully saturated rings. The summed E-state index contributed by atoms with van der Waals surface area (Å²) in [5.41, 5.74) is 1.79.